The van der Waals surface area contributed by atoms with Gasteiger partial charge in [-0.25, -0.2) is 0 Å². The molecule has 0 aliphatic carbocycles. The smallest absolute Gasteiger partial charge is 0.245 e. The molecule has 0 aliphatic rings. The van der Waals surface area contributed by atoms with Crippen molar-refractivity contribution in [3.8, 4) is 0 Å². The average molecular weight is 457 g/mol. The number of halogens is 3. The Balaban J connectivity index is 2.03. The molecule has 2 aromatic rings. The molecule has 0 saturated heterocycles. The van der Waals surface area contributed by atoms with Crippen molar-refractivity contribution in [1.82, 2.24) is 10.6 Å². The highest BCUT2D eigenvalue weighted by molar-refractivity contribution is 7.80. The number of aryl methyl sites for hydroxylation is 1. The minimum absolute atomic E-state index is 0.220. The summed E-state index contributed by atoms with van der Waals surface area (Å²) < 4.78 is -1.82. The zero-order valence-corrected chi connectivity index (χ0v) is 18.4. The standard InChI is InChI=1S/C20H20Cl3N3OS/c1-13-7-6-10-16(14(13)2)24-19(28)26-18(20(21,22)23)25-17(27)12-11-15-8-4-3-5-9-15/h3-12,18H,1-2H3,(H,25,27)(H2,24,26,28)/b12-11+. The Bertz CT molecular complexity index is 867. The monoisotopic (exact) mass is 455 g/mol. The topological polar surface area (TPSA) is 53.2 Å². The van der Waals surface area contributed by atoms with Crippen LogP contribution in [-0.2, 0) is 4.79 Å². The fourth-order valence-electron chi connectivity index (χ4n) is 2.30. The van der Waals surface area contributed by atoms with Gasteiger partial charge in [0.1, 0.15) is 6.17 Å². The van der Waals surface area contributed by atoms with Gasteiger partial charge in [-0.3, -0.25) is 4.79 Å². The molecule has 8 heteroatoms. The van der Waals surface area contributed by atoms with Crippen LogP contribution in [-0.4, -0.2) is 21.0 Å². The summed E-state index contributed by atoms with van der Waals surface area (Å²) in [5, 5.41) is 8.73. The predicted octanol–water partition coefficient (Wildman–Crippen LogP) is 5.12. The molecule has 148 valence electrons. The van der Waals surface area contributed by atoms with Crippen molar-refractivity contribution in [3.05, 3.63) is 71.3 Å². The molecule has 1 unspecified atom stereocenters. The van der Waals surface area contributed by atoms with Gasteiger partial charge in [0.25, 0.3) is 0 Å². The predicted molar refractivity (Wildman–Crippen MR) is 123 cm³/mol. The van der Waals surface area contributed by atoms with Crippen molar-refractivity contribution in [2.24, 2.45) is 0 Å². The molecule has 0 aromatic heterocycles. The number of alkyl halides is 3. The van der Waals surface area contributed by atoms with Gasteiger partial charge in [0.2, 0.25) is 9.70 Å². The number of hydrogen-bond donors (Lipinski definition) is 3. The van der Waals surface area contributed by atoms with E-state index < -0.39 is 15.9 Å². The van der Waals surface area contributed by atoms with Crippen LogP contribution in [0.25, 0.3) is 6.08 Å². The summed E-state index contributed by atoms with van der Waals surface area (Å²) in [4.78, 5) is 12.2. The molecule has 0 heterocycles. The molecule has 0 aliphatic heterocycles. The Morgan fingerprint density at radius 1 is 1.04 bits per heavy atom. The lowest BCUT2D eigenvalue weighted by molar-refractivity contribution is -0.117. The van der Waals surface area contributed by atoms with Crippen LogP contribution >= 0.6 is 47.0 Å². The number of carbonyl (C=O) groups excluding carboxylic acids is 1. The van der Waals surface area contributed by atoms with Gasteiger partial charge in [-0.15, -0.1) is 0 Å². The van der Waals surface area contributed by atoms with Gasteiger partial charge in [-0.2, -0.15) is 0 Å². The second-order valence-corrected chi connectivity index (χ2v) is 8.85. The van der Waals surface area contributed by atoms with Gasteiger partial charge in [0.05, 0.1) is 0 Å². The van der Waals surface area contributed by atoms with E-state index in [1.54, 1.807) is 6.08 Å². The highest BCUT2D eigenvalue weighted by Gasteiger charge is 2.34. The lowest BCUT2D eigenvalue weighted by Crippen LogP contribution is -2.55. The summed E-state index contributed by atoms with van der Waals surface area (Å²) in [6.45, 7) is 3.98. The molecule has 28 heavy (non-hydrogen) atoms. The molecule has 0 spiro atoms. The quantitative estimate of drug-likeness (QED) is 0.253. The molecule has 1 atom stereocenters. The van der Waals surface area contributed by atoms with Gasteiger partial charge >= 0.3 is 0 Å². The van der Waals surface area contributed by atoms with E-state index >= 15 is 0 Å². The number of anilines is 1. The van der Waals surface area contributed by atoms with Crippen LogP contribution in [0.2, 0.25) is 0 Å². The van der Waals surface area contributed by atoms with Crippen molar-refractivity contribution in [2.45, 2.75) is 23.8 Å². The van der Waals surface area contributed by atoms with Crippen LogP contribution in [0.4, 0.5) is 5.69 Å². The zero-order chi connectivity index (χ0) is 20.7. The summed E-state index contributed by atoms with van der Waals surface area (Å²) in [5.41, 5.74) is 3.87. The number of benzene rings is 2. The van der Waals surface area contributed by atoms with E-state index in [0.29, 0.717) is 0 Å². The van der Waals surface area contributed by atoms with Gasteiger partial charge in [0, 0.05) is 11.8 Å². The third-order valence-electron chi connectivity index (χ3n) is 3.97. The van der Waals surface area contributed by atoms with Crippen LogP contribution in [0.3, 0.4) is 0 Å². The molecule has 1 amide bonds. The molecule has 2 rings (SSSR count). The molecule has 2 aromatic carbocycles. The SMILES string of the molecule is Cc1cccc(NC(=S)NC(NC(=O)/C=C/c2ccccc2)C(Cl)(Cl)Cl)c1C. The Morgan fingerprint density at radius 3 is 2.36 bits per heavy atom. The van der Waals surface area contributed by atoms with Crippen molar-refractivity contribution < 1.29 is 4.79 Å². The minimum atomic E-state index is -1.82. The first-order chi connectivity index (χ1) is 13.2. The molecule has 3 N–H and O–H groups in total. The fourth-order valence-corrected chi connectivity index (χ4v) is 2.86. The molecule has 0 radical (unpaired) electrons. The molecular formula is C20H20Cl3N3OS. The maximum Gasteiger partial charge on any atom is 0.245 e. The van der Waals surface area contributed by atoms with Crippen molar-refractivity contribution >= 4 is 69.8 Å². The van der Waals surface area contributed by atoms with E-state index in [0.717, 1.165) is 22.4 Å². The van der Waals surface area contributed by atoms with Crippen LogP contribution < -0.4 is 16.0 Å². The summed E-state index contributed by atoms with van der Waals surface area (Å²) in [6, 6.07) is 15.2. The first-order valence-corrected chi connectivity index (χ1v) is 9.95. The largest absolute Gasteiger partial charge is 0.339 e. The summed E-state index contributed by atoms with van der Waals surface area (Å²) in [6.07, 6.45) is 1.99. The summed E-state index contributed by atoms with van der Waals surface area (Å²) in [5.74, 6) is -0.429. The third-order valence-corrected chi connectivity index (χ3v) is 4.84. The van der Waals surface area contributed by atoms with Gasteiger partial charge in [-0.05, 0) is 54.9 Å². The van der Waals surface area contributed by atoms with Gasteiger partial charge in [0.15, 0.2) is 5.11 Å². The van der Waals surface area contributed by atoms with E-state index in [1.165, 1.54) is 6.08 Å². The van der Waals surface area contributed by atoms with E-state index in [9.17, 15) is 4.79 Å². The fraction of sp³-hybridized carbons (Fsp3) is 0.200. The number of carbonyl (C=O) groups is 1. The van der Waals surface area contributed by atoms with Crippen LogP contribution in [0.5, 0.6) is 0 Å². The summed E-state index contributed by atoms with van der Waals surface area (Å²) in [7, 11) is 0. The van der Waals surface area contributed by atoms with E-state index in [1.807, 2.05) is 62.4 Å². The molecular weight excluding hydrogens is 437 g/mol. The first kappa shape index (κ1) is 22.5. The molecule has 0 saturated carbocycles. The highest BCUT2D eigenvalue weighted by atomic mass is 35.6. The highest BCUT2D eigenvalue weighted by Crippen LogP contribution is 2.29. The number of hydrogen-bond acceptors (Lipinski definition) is 2. The maximum atomic E-state index is 12.2. The molecule has 0 fully saturated rings. The Hall–Kier alpha value is -1.79. The van der Waals surface area contributed by atoms with Crippen LogP contribution in [0.15, 0.2) is 54.6 Å². The van der Waals surface area contributed by atoms with Gasteiger partial charge in [-0.1, -0.05) is 77.3 Å². The average Bonchev–Trinajstić information content (AvgIpc) is 2.63. The Morgan fingerprint density at radius 2 is 1.71 bits per heavy atom. The first-order valence-electron chi connectivity index (χ1n) is 8.41. The second-order valence-electron chi connectivity index (χ2n) is 6.07. The maximum absolute atomic E-state index is 12.2. The van der Waals surface area contributed by atoms with E-state index in [-0.39, 0.29) is 5.11 Å². The number of nitrogens with one attached hydrogen (secondary N) is 3. The lowest BCUT2D eigenvalue weighted by Gasteiger charge is -2.27. The van der Waals surface area contributed by atoms with Crippen molar-refractivity contribution in [2.75, 3.05) is 5.32 Å². The lowest BCUT2D eigenvalue weighted by atomic mass is 10.1. The normalized spacial score (nSPS) is 12.5. The van der Waals surface area contributed by atoms with Crippen molar-refractivity contribution in [1.29, 1.82) is 0 Å². The van der Waals surface area contributed by atoms with Gasteiger partial charge < -0.3 is 16.0 Å². The number of thiocarbonyl (C=S) groups is 1. The Kier molecular flexibility index (Phi) is 8.13. The summed E-state index contributed by atoms with van der Waals surface area (Å²) >= 11 is 23.3. The van der Waals surface area contributed by atoms with E-state index in [2.05, 4.69) is 16.0 Å². The zero-order valence-electron chi connectivity index (χ0n) is 15.3. The number of amides is 1. The van der Waals surface area contributed by atoms with Crippen LogP contribution in [0, 0.1) is 13.8 Å². The number of rotatable bonds is 5. The van der Waals surface area contributed by atoms with E-state index in [4.69, 9.17) is 47.0 Å². The van der Waals surface area contributed by atoms with Crippen LogP contribution in [0.1, 0.15) is 16.7 Å². The van der Waals surface area contributed by atoms with Crippen molar-refractivity contribution in [3.63, 3.8) is 0 Å². The third kappa shape index (κ3) is 6.99. The Labute approximate surface area is 185 Å². The molecule has 0 bridgehead atoms. The molecule has 4 nitrogen and oxygen atoms in total. The second kappa shape index (κ2) is 10.1. The minimum Gasteiger partial charge on any atom is -0.339 e.